The van der Waals surface area contributed by atoms with Gasteiger partial charge in [-0.05, 0) is 25.1 Å². The van der Waals surface area contributed by atoms with E-state index in [0.29, 0.717) is 5.69 Å². The first-order valence-electron chi connectivity index (χ1n) is 6.35. The molecule has 1 aromatic heterocycles. The number of pyridine rings is 1. The summed E-state index contributed by atoms with van der Waals surface area (Å²) in [4.78, 5) is 15.9. The monoisotopic (exact) mass is 300 g/mol. The number of methoxy groups -OCH3 is 2. The highest BCUT2D eigenvalue weighted by Gasteiger charge is 2.22. The maximum Gasteiger partial charge on any atom is 0.340 e. The van der Waals surface area contributed by atoms with Crippen LogP contribution in [0.5, 0.6) is 5.75 Å². The number of hydrogen-bond donors (Lipinski definition) is 0. The summed E-state index contributed by atoms with van der Waals surface area (Å²) < 4.78 is 24.5. The van der Waals surface area contributed by atoms with E-state index in [0.717, 1.165) is 0 Å². The fraction of sp³-hybridized carbons (Fsp3) is 0.188. The number of nitrogens with zero attached hydrogens (tertiary/aromatic N) is 2. The molecular formula is C16H13FN2O3. The van der Waals surface area contributed by atoms with Gasteiger partial charge in [-0.2, -0.15) is 5.26 Å². The second-order valence-corrected chi connectivity index (χ2v) is 4.48. The van der Waals surface area contributed by atoms with E-state index in [1.54, 1.807) is 19.1 Å². The molecule has 5 nitrogen and oxygen atoms in total. The average molecular weight is 300 g/mol. The van der Waals surface area contributed by atoms with E-state index in [1.165, 1.54) is 32.5 Å². The Morgan fingerprint density at radius 2 is 2.09 bits per heavy atom. The third-order valence-corrected chi connectivity index (χ3v) is 3.16. The highest BCUT2D eigenvalue weighted by molar-refractivity contribution is 5.98. The minimum atomic E-state index is -0.752. The van der Waals surface area contributed by atoms with Crippen molar-refractivity contribution < 1.29 is 18.7 Å². The summed E-state index contributed by atoms with van der Waals surface area (Å²) in [5.74, 6) is -1.18. The van der Waals surface area contributed by atoms with Crippen LogP contribution in [0.3, 0.4) is 0 Å². The molecule has 1 heterocycles. The molecule has 0 amide bonds. The largest absolute Gasteiger partial charge is 0.496 e. The maximum absolute atomic E-state index is 14.6. The molecule has 0 bridgehead atoms. The molecule has 0 atom stereocenters. The Balaban J connectivity index is 2.84. The standard InChI is InChI=1S/C16H13FN2O3/c1-9-6-11(12(8-19-9)16(20)22-3)14-13(21-2)5-4-10(7-18)15(14)17/h4-6,8H,1-3H3. The van der Waals surface area contributed by atoms with Crippen molar-refractivity contribution in [3.63, 3.8) is 0 Å². The Bertz CT molecular complexity index is 782. The van der Waals surface area contributed by atoms with Crippen LogP contribution in [0.1, 0.15) is 21.6 Å². The number of nitriles is 1. The van der Waals surface area contributed by atoms with Crippen molar-refractivity contribution in [3.8, 4) is 22.9 Å². The molecule has 0 spiro atoms. The van der Waals surface area contributed by atoms with E-state index in [4.69, 9.17) is 14.7 Å². The normalized spacial score (nSPS) is 9.95. The first-order valence-corrected chi connectivity index (χ1v) is 6.35. The topological polar surface area (TPSA) is 72.2 Å². The van der Waals surface area contributed by atoms with Crippen molar-refractivity contribution in [2.75, 3.05) is 14.2 Å². The molecule has 0 unspecified atom stereocenters. The van der Waals surface area contributed by atoms with Crippen LogP contribution in [0.25, 0.3) is 11.1 Å². The summed E-state index contributed by atoms with van der Waals surface area (Å²) in [5.41, 5.74) is 0.853. The molecule has 0 aliphatic rings. The highest BCUT2D eigenvalue weighted by atomic mass is 19.1. The van der Waals surface area contributed by atoms with E-state index in [1.807, 2.05) is 0 Å². The summed E-state index contributed by atoms with van der Waals surface area (Å²) in [6, 6.07) is 6.12. The predicted molar refractivity (Wildman–Crippen MR) is 77.0 cm³/mol. The molecule has 0 aliphatic carbocycles. The van der Waals surface area contributed by atoms with Gasteiger partial charge in [0.2, 0.25) is 0 Å². The fourth-order valence-electron chi connectivity index (χ4n) is 2.11. The molecular weight excluding hydrogens is 287 g/mol. The number of aromatic nitrogens is 1. The lowest BCUT2D eigenvalue weighted by Gasteiger charge is -2.14. The Hall–Kier alpha value is -2.94. The summed E-state index contributed by atoms with van der Waals surface area (Å²) in [6.45, 7) is 1.71. The molecule has 112 valence electrons. The van der Waals surface area contributed by atoms with Crippen LogP contribution in [0.15, 0.2) is 24.4 Å². The van der Waals surface area contributed by atoms with Crippen LogP contribution in [0.2, 0.25) is 0 Å². The molecule has 6 heteroatoms. The number of benzene rings is 1. The van der Waals surface area contributed by atoms with Gasteiger partial charge >= 0.3 is 5.97 Å². The van der Waals surface area contributed by atoms with Crippen LogP contribution < -0.4 is 4.74 Å². The Morgan fingerprint density at radius 3 is 2.68 bits per heavy atom. The third-order valence-electron chi connectivity index (χ3n) is 3.16. The molecule has 1 aromatic carbocycles. The summed E-state index contributed by atoms with van der Waals surface area (Å²) in [7, 11) is 2.61. The molecule has 0 saturated heterocycles. The lowest BCUT2D eigenvalue weighted by atomic mass is 9.97. The van der Waals surface area contributed by atoms with Gasteiger partial charge in [0, 0.05) is 17.5 Å². The molecule has 0 N–H and O–H groups in total. The lowest BCUT2D eigenvalue weighted by Crippen LogP contribution is -2.07. The van der Waals surface area contributed by atoms with Gasteiger partial charge in [-0.15, -0.1) is 0 Å². The zero-order valence-corrected chi connectivity index (χ0v) is 12.3. The first-order chi connectivity index (χ1) is 10.5. The number of carbonyl (C=O) groups is 1. The summed E-state index contributed by atoms with van der Waals surface area (Å²) >= 11 is 0. The molecule has 0 fully saturated rings. The number of ether oxygens (including phenoxy) is 2. The van der Waals surface area contributed by atoms with E-state index in [2.05, 4.69) is 4.98 Å². The first kappa shape index (κ1) is 15.4. The van der Waals surface area contributed by atoms with Crippen molar-refractivity contribution in [3.05, 3.63) is 47.0 Å². The smallest absolute Gasteiger partial charge is 0.340 e. The average Bonchev–Trinajstić information content (AvgIpc) is 2.53. The molecule has 0 radical (unpaired) electrons. The van der Waals surface area contributed by atoms with Crippen LogP contribution in [-0.4, -0.2) is 25.2 Å². The zero-order chi connectivity index (χ0) is 16.3. The highest BCUT2D eigenvalue weighted by Crippen LogP contribution is 2.36. The molecule has 22 heavy (non-hydrogen) atoms. The van der Waals surface area contributed by atoms with Crippen LogP contribution in [-0.2, 0) is 4.74 Å². The Kier molecular flexibility index (Phi) is 4.37. The van der Waals surface area contributed by atoms with Crippen molar-refractivity contribution in [1.82, 2.24) is 4.98 Å². The van der Waals surface area contributed by atoms with Crippen molar-refractivity contribution in [2.24, 2.45) is 0 Å². The number of halogens is 1. The second kappa shape index (κ2) is 6.22. The third kappa shape index (κ3) is 2.61. The number of esters is 1. The minimum absolute atomic E-state index is 0.0347. The SMILES string of the molecule is COC(=O)c1cnc(C)cc1-c1c(OC)ccc(C#N)c1F. The van der Waals surface area contributed by atoms with Crippen LogP contribution >= 0.6 is 0 Å². The number of carbonyl (C=O) groups excluding carboxylic acids is 1. The molecule has 0 aliphatic heterocycles. The predicted octanol–water partition coefficient (Wildman–Crippen LogP) is 2.86. The lowest BCUT2D eigenvalue weighted by molar-refractivity contribution is 0.0601. The van der Waals surface area contributed by atoms with Crippen LogP contribution in [0.4, 0.5) is 4.39 Å². The van der Waals surface area contributed by atoms with E-state index < -0.39 is 11.8 Å². The van der Waals surface area contributed by atoms with Gasteiger partial charge in [-0.25, -0.2) is 9.18 Å². The summed E-state index contributed by atoms with van der Waals surface area (Å²) in [5, 5.41) is 9.00. The minimum Gasteiger partial charge on any atom is -0.496 e. The van der Waals surface area contributed by atoms with Gasteiger partial charge < -0.3 is 9.47 Å². The number of rotatable bonds is 3. The second-order valence-electron chi connectivity index (χ2n) is 4.48. The van der Waals surface area contributed by atoms with Gasteiger partial charge in [-0.3, -0.25) is 4.98 Å². The molecule has 0 saturated carbocycles. The van der Waals surface area contributed by atoms with Gasteiger partial charge in [0.15, 0.2) is 5.82 Å². The van der Waals surface area contributed by atoms with Crippen LogP contribution in [0, 0.1) is 24.1 Å². The van der Waals surface area contributed by atoms with Crippen molar-refractivity contribution in [2.45, 2.75) is 6.92 Å². The zero-order valence-electron chi connectivity index (χ0n) is 12.3. The Morgan fingerprint density at radius 1 is 1.36 bits per heavy atom. The molecule has 2 aromatic rings. The summed E-state index contributed by atoms with van der Waals surface area (Å²) in [6.07, 6.45) is 1.31. The number of aryl methyl sites for hydroxylation is 1. The van der Waals surface area contributed by atoms with Gasteiger partial charge in [-0.1, -0.05) is 0 Å². The fourth-order valence-corrected chi connectivity index (χ4v) is 2.11. The van der Waals surface area contributed by atoms with Gasteiger partial charge in [0.25, 0.3) is 0 Å². The maximum atomic E-state index is 14.6. The van der Waals surface area contributed by atoms with E-state index in [-0.39, 0.29) is 28.0 Å². The van der Waals surface area contributed by atoms with Crippen molar-refractivity contribution in [1.29, 1.82) is 5.26 Å². The van der Waals surface area contributed by atoms with Crippen molar-refractivity contribution >= 4 is 5.97 Å². The Labute approximate surface area is 126 Å². The molecule has 2 rings (SSSR count). The number of hydrogen-bond acceptors (Lipinski definition) is 5. The van der Waals surface area contributed by atoms with Gasteiger partial charge in [0.1, 0.15) is 11.8 Å². The van der Waals surface area contributed by atoms with E-state index >= 15 is 0 Å². The van der Waals surface area contributed by atoms with E-state index in [9.17, 15) is 9.18 Å². The quantitative estimate of drug-likeness (QED) is 0.815. The van der Waals surface area contributed by atoms with Gasteiger partial charge in [0.05, 0.1) is 30.9 Å².